The minimum absolute atomic E-state index is 0.00220. The van der Waals surface area contributed by atoms with Gasteiger partial charge in [-0.2, -0.15) is 0 Å². The van der Waals surface area contributed by atoms with E-state index in [2.05, 4.69) is 33.5 Å². The maximum absolute atomic E-state index is 13.8. The number of nitrogens with one attached hydrogen (secondary N) is 3. The molecule has 0 unspecified atom stereocenters. The summed E-state index contributed by atoms with van der Waals surface area (Å²) in [6.45, 7) is 7.46. The number of nitrogens with zero attached hydrogens (tertiary/aromatic N) is 1. The Hall–Kier alpha value is -4.51. The van der Waals surface area contributed by atoms with Gasteiger partial charge in [0.25, 0.3) is 11.5 Å². The number of aryl methyl sites for hydroxylation is 1. The molecule has 11 heteroatoms. The topological polar surface area (TPSA) is 142 Å². The van der Waals surface area contributed by atoms with Gasteiger partial charge in [-0.25, -0.2) is 4.79 Å². The van der Waals surface area contributed by atoms with Crippen LogP contribution in [0.4, 0.5) is 10.5 Å². The minimum Gasteiger partial charge on any atom is -0.496 e. The van der Waals surface area contributed by atoms with Gasteiger partial charge in [-0.3, -0.25) is 9.59 Å². The summed E-state index contributed by atoms with van der Waals surface area (Å²) in [4.78, 5) is 42.8. The average molecular weight is 621 g/mol. The van der Waals surface area contributed by atoms with Gasteiger partial charge in [0, 0.05) is 42.7 Å². The highest BCUT2D eigenvalue weighted by molar-refractivity contribution is 5.99. The third-order valence-corrected chi connectivity index (χ3v) is 8.36. The van der Waals surface area contributed by atoms with Crippen molar-refractivity contribution >= 4 is 17.7 Å². The largest absolute Gasteiger partial charge is 0.496 e. The van der Waals surface area contributed by atoms with Gasteiger partial charge in [0.2, 0.25) is 0 Å². The van der Waals surface area contributed by atoms with Crippen molar-refractivity contribution in [1.82, 2.24) is 15.6 Å². The van der Waals surface area contributed by atoms with E-state index < -0.39 is 6.09 Å². The SMILES string of the molecule is CCN(c1cc(-c2ccc(OCCOC)cc2)cc(C(=O)NCc2c(OC)cc(C)[nH]c2=O)c1C)[C@H]1CC[C@H](NC(=O)O)CC1. The Morgan fingerprint density at radius 1 is 1.00 bits per heavy atom. The van der Waals surface area contributed by atoms with Crippen LogP contribution in [0, 0.1) is 13.8 Å². The van der Waals surface area contributed by atoms with Gasteiger partial charge in [0.05, 0.1) is 25.8 Å². The number of ether oxygens (including phenoxy) is 3. The van der Waals surface area contributed by atoms with Crippen LogP contribution < -0.4 is 30.6 Å². The highest BCUT2D eigenvalue weighted by Crippen LogP contribution is 2.35. The van der Waals surface area contributed by atoms with Crippen molar-refractivity contribution in [3.05, 3.63) is 75.2 Å². The van der Waals surface area contributed by atoms with Crippen LogP contribution >= 0.6 is 0 Å². The molecule has 4 N–H and O–H groups in total. The number of carboxylic acid groups (broad SMARTS) is 1. The first-order chi connectivity index (χ1) is 21.6. The Morgan fingerprint density at radius 3 is 2.33 bits per heavy atom. The normalized spacial score (nSPS) is 16.1. The molecule has 0 aliphatic heterocycles. The number of anilines is 1. The smallest absolute Gasteiger partial charge is 0.404 e. The van der Waals surface area contributed by atoms with E-state index in [0.717, 1.165) is 60.4 Å². The summed E-state index contributed by atoms with van der Waals surface area (Å²) in [5.41, 5.74) is 4.77. The zero-order valence-corrected chi connectivity index (χ0v) is 26.7. The van der Waals surface area contributed by atoms with Crippen LogP contribution in [0.5, 0.6) is 11.5 Å². The second kappa shape index (κ2) is 15.5. The van der Waals surface area contributed by atoms with E-state index in [4.69, 9.17) is 19.3 Å². The molecule has 242 valence electrons. The molecule has 0 radical (unpaired) electrons. The van der Waals surface area contributed by atoms with Crippen LogP contribution in [-0.4, -0.2) is 68.2 Å². The standard InChI is InChI=1S/C34H44N4O7/c1-6-38(26-11-9-25(10-12-26)37-34(41)42)30-19-24(23-7-13-27(14-8-23)45-16-15-43-4)18-28(22(30)3)32(39)35-20-29-31(44-5)17-21(2)36-33(29)40/h7-8,13-14,17-19,25-26,37H,6,9-12,15-16,20H2,1-5H3,(H,35,39)(H,36,40)(H,41,42)/t25-,26-. The van der Waals surface area contributed by atoms with Crippen molar-refractivity contribution in [3.63, 3.8) is 0 Å². The van der Waals surface area contributed by atoms with Crippen molar-refractivity contribution in [3.8, 4) is 22.6 Å². The molecule has 3 aromatic rings. The number of pyridine rings is 1. The number of amides is 2. The third kappa shape index (κ3) is 8.36. The number of aromatic amines is 1. The molecule has 0 saturated heterocycles. The average Bonchev–Trinajstić information content (AvgIpc) is 3.02. The second-order valence-electron chi connectivity index (χ2n) is 11.3. The maximum Gasteiger partial charge on any atom is 0.404 e. The third-order valence-electron chi connectivity index (χ3n) is 8.36. The number of rotatable bonds is 13. The van der Waals surface area contributed by atoms with Crippen LogP contribution in [0.25, 0.3) is 11.1 Å². The predicted octanol–water partition coefficient (Wildman–Crippen LogP) is 5.03. The first-order valence-electron chi connectivity index (χ1n) is 15.3. The number of carbonyl (C=O) groups excluding carboxylic acids is 1. The number of carbonyl (C=O) groups is 2. The van der Waals surface area contributed by atoms with Crippen molar-refractivity contribution in [2.24, 2.45) is 0 Å². The lowest BCUT2D eigenvalue weighted by Gasteiger charge is -2.39. The monoisotopic (exact) mass is 620 g/mol. The van der Waals surface area contributed by atoms with Crippen LogP contribution in [0.15, 0.2) is 47.3 Å². The van der Waals surface area contributed by atoms with E-state index in [9.17, 15) is 14.4 Å². The fourth-order valence-corrected chi connectivity index (χ4v) is 6.02. The Kier molecular flexibility index (Phi) is 11.5. The van der Waals surface area contributed by atoms with Gasteiger partial charge in [-0.05, 0) is 93.5 Å². The molecule has 1 aliphatic rings. The minimum atomic E-state index is -0.995. The summed E-state index contributed by atoms with van der Waals surface area (Å²) >= 11 is 0. The van der Waals surface area contributed by atoms with Crippen molar-refractivity contribution in [2.45, 2.75) is 65.1 Å². The molecule has 0 spiro atoms. The Bertz CT molecular complexity index is 1530. The lowest BCUT2D eigenvalue weighted by molar-refractivity contribution is 0.0950. The van der Waals surface area contributed by atoms with Gasteiger partial charge >= 0.3 is 6.09 Å². The van der Waals surface area contributed by atoms with Gasteiger partial charge in [-0.15, -0.1) is 0 Å². The van der Waals surface area contributed by atoms with Crippen LogP contribution in [0.1, 0.15) is 59.8 Å². The molecule has 1 fully saturated rings. The lowest BCUT2D eigenvalue weighted by atomic mass is 9.88. The molecule has 1 saturated carbocycles. The van der Waals surface area contributed by atoms with E-state index in [1.54, 1.807) is 20.1 Å². The number of hydrogen-bond acceptors (Lipinski definition) is 7. The van der Waals surface area contributed by atoms with E-state index in [-0.39, 0.29) is 30.1 Å². The van der Waals surface area contributed by atoms with Crippen LogP contribution in [0.3, 0.4) is 0 Å². The lowest BCUT2D eigenvalue weighted by Crippen LogP contribution is -2.44. The molecule has 2 amide bonds. The predicted molar refractivity (Wildman–Crippen MR) is 174 cm³/mol. The van der Waals surface area contributed by atoms with Gasteiger partial charge in [0.15, 0.2) is 0 Å². The first kappa shape index (κ1) is 33.4. The van der Waals surface area contributed by atoms with E-state index in [0.29, 0.717) is 35.8 Å². The fourth-order valence-electron chi connectivity index (χ4n) is 6.02. The molecular weight excluding hydrogens is 576 g/mol. The highest BCUT2D eigenvalue weighted by atomic mass is 16.5. The molecule has 0 bridgehead atoms. The number of methoxy groups -OCH3 is 2. The number of aromatic nitrogens is 1. The molecule has 1 heterocycles. The summed E-state index contributed by atoms with van der Waals surface area (Å²) in [6.07, 6.45) is 2.15. The van der Waals surface area contributed by atoms with Crippen molar-refractivity contribution in [1.29, 1.82) is 0 Å². The van der Waals surface area contributed by atoms with E-state index >= 15 is 0 Å². The fraction of sp³-hybridized carbons (Fsp3) is 0.441. The summed E-state index contributed by atoms with van der Waals surface area (Å²) in [5, 5.41) is 14.7. The number of benzene rings is 2. The van der Waals surface area contributed by atoms with Crippen molar-refractivity contribution in [2.75, 3.05) is 38.9 Å². The number of H-pyrrole nitrogens is 1. The number of hydrogen-bond donors (Lipinski definition) is 4. The van der Waals surface area contributed by atoms with Crippen LogP contribution in [0.2, 0.25) is 0 Å². The van der Waals surface area contributed by atoms with E-state index in [1.807, 2.05) is 37.3 Å². The molecular formula is C34H44N4O7. The molecule has 45 heavy (non-hydrogen) atoms. The molecule has 1 aliphatic carbocycles. The van der Waals surface area contributed by atoms with Gasteiger partial charge in [0.1, 0.15) is 18.1 Å². The zero-order valence-electron chi connectivity index (χ0n) is 26.7. The van der Waals surface area contributed by atoms with Gasteiger partial charge < -0.3 is 39.8 Å². The molecule has 1 aromatic heterocycles. The zero-order chi connectivity index (χ0) is 32.5. The summed E-state index contributed by atoms with van der Waals surface area (Å²) in [6, 6.07) is 13.6. The molecule has 2 aromatic carbocycles. The summed E-state index contributed by atoms with van der Waals surface area (Å²) < 4.78 is 16.2. The quantitative estimate of drug-likeness (QED) is 0.195. The van der Waals surface area contributed by atoms with E-state index in [1.165, 1.54) is 7.11 Å². The highest BCUT2D eigenvalue weighted by Gasteiger charge is 2.28. The van der Waals surface area contributed by atoms with Crippen LogP contribution in [-0.2, 0) is 11.3 Å². The Morgan fingerprint density at radius 2 is 1.71 bits per heavy atom. The summed E-state index contributed by atoms with van der Waals surface area (Å²) in [5.74, 6) is 0.837. The van der Waals surface area contributed by atoms with Gasteiger partial charge in [-0.1, -0.05) is 12.1 Å². The molecule has 0 atom stereocenters. The second-order valence-corrected chi connectivity index (χ2v) is 11.3. The Balaban J connectivity index is 1.68. The summed E-state index contributed by atoms with van der Waals surface area (Å²) in [7, 11) is 3.13. The van der Waals surface area contributed by atoms with Crippen molar-refractivity contribution < 1.29 is 28.9 Å². The Labute approximate surface area is 263 Å². The first-order valence-corrected chi connectivity index (χ1v) is 15.3. The molecule has 4 rings (SSSR count). The molecule has 11 nitrogen and oxygen atoms in total. The maximum atomic E-state index is 13.8.